The molecule has 0 unspecified atom stereocenters. The lowest BCUT2D eigenvalue weighted by Gasteiger charge is -2.22. The number of carboxylic acids is 1. The van der Waals surface area contributed by atoms with Crippen molar-refractivity contribution in [3.63, 3.8) is 0 Å². The molecule has 19 heavy (non-hydrogen) atoms. The van der Waals surface area contributed by atoms with Gasteiger partial charge in [-0.15, -0.1) is 0 Å². The molecule has 102 valence electrons. The van der Waals surface area contributed by atoms with Crippen molar-refractivity contribution in [2.24, 2.45) is 0 Å². The Morgan fingerprint density at radius 2 is 1.95 bits per heavy atom. The molecule has 0 aromatic carbocycles. The fourth-order valence-electron chi connectivity index (χ4n) is 2.19. The van der Waals surface area contributed by atoms with Crippen LogP contribution in [0, 0.1) is 0 Å². The maximum Gasteiger partial charge on any atom is 0.354 e. The van der Waals surface area contributed by atoms with Crippen molar-refractivity contribution in [2.45, 2.75) is 38.1 Å². The van der Waals surface area contributed by atoms with Crippen LogP contribution in [0.25, 0.3) is 0 Å². The van der Waals surface area contributed by atoms with Gasteiger partial charge in [0.2, 0.25) is 0 Å². The molecule has 0 saturated heterocycles. The highest BCUT2D eigenvalue weighted by atomic mass is 16.4. The Labute approximate surface area is 111 Å². The molecule has 1 aromatic rings. The van der Waals surface area contributed by atoms with Gasteiger partial charge < -0.3 is 15.7 Å². The molecule has 0 atom stereocenters. The summed E-state index contributed by atoms with van der Waals surface area (Å²) >= 11 is 0. The minimum atomic E-state index is -1.08. The number of carbonyl (C=O) groups is 2. The first-order valence-corrected chi connectivity index (χ1v) is 6.42. The highest BCUT2D eigenvalue weighted by Gasteiger charge is 2.15. The second-order valence-corrected chi connectivity index (χ2v) is 4.67. The van der Waals surface area contributed by atoms with Crippen molar-refractivity contribution in [1.82, 2.24) is 10.3 Å². The van der Waals surface area contributed by atoms with Crippen LogP contribution in [0.2, 0.25) is 0 Å². The summed E-state index contributed by atoms with van der Waals surface area (Å²) in [7, 11) is 0. The molecule has 0 spiro atoms. The van der Waals surface area contributed by atoms with E-state index in [-0.39, 0.29) is 17.8 Å². The smallest absolute Gasteiger partial charge is 0.354 e. The van der Waals surface area contributed by atoms with Crippen molar-refractivity contribution in [1.29, 1.82) is 0 Å². The van der Waals surface area contributed by atoms with E-state index >= 15 is 0 Å². The number of rotatable bonds is 3. The Bertz CT molecular complexity index is 453. The lowest BCUT2D eigenvalue weighted by atomic mass is 9.96. The van der Waals surface area contributed by atoms with Crippen LogP contribution in [0.1, 0.15) is 42.6 Å². The molecule has 1 aliphatic rings. The van der Waals surface area contributed by atoms with E-state index < -0.39 is 5.97 Å². The Balaban J connectivity index is 1.85. The first-order chi connectivity index (χ1) is 9.15. The molecule has 2 amide bonds. The Kier molecular flexibility index (Phi) is 4.33. The van der Waals surface area contributed by atoms with E-state index in [0.29, 0.717) is 5.69 Å². The average molecular weight is 263 g/mol. The SMILES string of the molecule is O=C(Nc1ccc(C(=O)O)nc1)NC1CCCCC1. The summed E-state index contributed by atoms with van der Waals surface area (Å²) in [5.74, 6) is -1.08. The Morgan fingerprint density at radius 1 is 1.21 bits per heavy atom. The van der Waals surface area contributed by atoms with Crippen LogP contribution in [-0.2, 0) is 0 Å². The normalized spacial score (nSPS) is 15.8. The number of carboxylic acid groups (broad SMARTS) is 1. The van der Waals surface area contributed by atoms with Gasteiger partial charge in [0.15, 0.2) is 0 Å². The monoisotopic (exact) mass is 263 g/mol. The van der Waals surface area contributed by atoms with Crippen molar-refractivity contribution in [3.05, 3.63) is 24.0 Å². The van der Waals surface area contributed by atoms with Crippen molar-refractivity contribution >= 4 is 17.7 Å². The summed E-state index contributed by atoms with van der Waals surface area (Å²) in [6, 6.07) is 2.85. The zero-order valence-corrected chi connectivity index (χ0v) is 10.6. The number of hydrogen-bond donors (Lipinski definition) is 3. The van der Waals surface area contributed by atoms with Crippen molar-refractivity contribution < 1.29 is 14.7 Å². The molecular formula is C13H17N3O3. The van der Waals surface area contributed by atoms with E-state index in [4.69, 9.17) is 5.11 Å². The third-order valence-electron chi connectivity index (χ3n) is 3.18. The molecular weight excluding hydrogens is 246 g/mol. The van der Waals surface area contributed by atoms with Crippen LogP contribution in [0.5, 0.6) is 0 Å². The van der Waals surface area contributed by atoms with Crippen LogP contribution in [0.4, 0.5) is 10.5 Å². The number of nitrogens with one attached hydrogen (secondary N) is 2. The first kappa shape index (κ1) is 13.3. The van der Waals surface area contributed by atoms with Crippen LogP contribution in [0.3, 0.4) is 0 Å². The predicted octanol–water partition coefficient (Wildman–Crippen LogP) is 2.23. The average Bonchev–Trinajstić information content (AvgIpc) is 2.40. The van der Waals surface area contributed by atoms with Crippen LogP contribution in [0.15, 0.2) is 18.3 Å². The van der Waals surface area contributed by atoms with E-state index in [1.807, 2.05) is 0 Å². The molecule has 1 aromatic heterocycles. The molecule has 0 radical (unpaired) electrons. The highest BCUT2D eigenvalue weighted by molar-refractivity contribution is 5.90. The summed E-state index contributed by atoms with van der Waals surface area (Å²) in [4.78, 5) is 26.1. The van der Waals surface area contributed by atoms with Gasteiger partial charge in [-0.2, -0.15) is 0 Å². The number of aromatic nitrogens is 1. The lowest BCUT2D eigenvalue weighted by molar-refractivity contribution is 0.0690. The summed E-state index contributed by atoms with van der Waals surface area (Å²) in [6.07, 6.45) is 6.91. The number of amides is 2. The molecule has 6 heteroatoms. The van der Waals surface area contributed by atoms with Crippen LogP contribution < -0.4 is 10.6 Å². The second kappa shape index (κ2) is 6.17. The molecule has 6 nitrogen and oxygen atoms in total. The number of nitrogens with zero attached hydrogens (tertiary/aromatic N) is 1. The Morgan fingerprint density at radius 3 is 2.53 bits per heavy atom. The van der Waals surface area contributed by atoms with Crippen LogP contribution >= 0.6 is 0 Å². The summed E-state index contributed by atoms with van der Waals surface area (Å²) in [5.41, 5.74) is 0.441. The number of aromatic carboxylic acids is 1. The topological polar surface area (TPSA) is 91.3 Å². The van der Waals surface area contributed by atoms with Gasteiger partial charge in [-0.3, -0.25) is 0 Å². The van der Waals surface area contributed by atoms with Crippen LogP contribution in [-0.4, -0.2) is 28.1 Å². The number of anilines is 1. The van der Waals surface area contributed by atoms with Gasteiger partial charge in [0.05, 0.1) is 11.9 Å². The summed E-state index contributed by atoms with van der Waals surface area (Å²) in [5, 5.41) is 14.3. The molecule has 3 N–H and O–H groups in total. The Hall–Kier alpha value is -2.11. The fraction of sp³-hybridized carbons (Fsp3) is 0.462. The van der Waals surface area contributed by atoms with Gasteiger partial charge in [0, 0.05) is 6.04 Å². The van der Waals surface area contributed by atoms with Gasteiger partial charge in [-0.05, 0) is 25.0 Å². The zero-order chi connectivity index (χ0) is 13.7. The predicted molar refractivity (Wildman–Crippen MR) is 70.2 cm³/mol. The van der Waals surface area contributed by atoms with Crippen molar-refractivity contribution in [3.8, 4) is 0 Å². The molecule has 2 rings (SSSR count). The lowest BCUT2D eigenvalue weighted by Crippen LogP contribution is -2.39. The minimum Gasteiger partial charge on any atom is -0.477 e. The highest BCUT2D eigenvalue weighted by Crippen LogP contribution is 2.17. The fourth-order valence-corrected chi connectivity index (χ4v) is 2.19. The number of carbonyl (C=O) groups excluding carboxylic acids is 1. The van der Waals surface area contributed by atoms with Crippen molar-refractivity contribution in [2.75, 3.05) is 5.32 Å². The maximum absolute atomic E-state index is 11.7. The summed E-state index contributed by atoms with van der Waals surface area (Å²) < 4.78 is 0. The summed E-state index contributed by atoms with van der Waals surface area (Å²) in [6.45, 7) is 0. The number of hydrogen-bond acceptors (Lipinski definition) is 3. The minimum absolute atomic E-state index is 0.0433. The quantitative estimate of drug-likeness (QED) is 0.779. The van der Waals surface area contributed by atoms with E-state index in [1.54, 1.807) is 0 Å². The molecule has 0 bridgehead atoms. The molecule has 0 aliphatic heterocycles. The number of pyridine rings is 1. The van der Waals surface area contributed by atoms with Gasteiger partial charge in [-0.1, -0.05) is 19.3 Å². The van der Waals surface area contributed by atoms with Gasteiger partial charge >= 0.3 is 12.0 Å². The van der Waals surface area contributed by atoms with E-state index in [1.165, 1.54) is 24.8 Å². The third-order valence-corrected chi connectivity index (χ3v) is 3.18. The maximum atomic E-state index is 11.7. The second-order valence-electron chi connectivity index (χ2n) is 4.67. The van der Waals surface area contributed by atoms with E-state index in [0.717, 1.165) is 25.7 Å². The molecule has 1 heterocycles. The zero-order valence-electron chi connectivity index (χ0n) is 10.6. The third kappa shape index (κ3) is 3.94. The molecule has 1 saturated carbocycles. The van der Waals surface area contributed by atoms with Gasteiger partial charge in [0.1, 0.15) is 5.69 Å². The molecule has 1 fully saturated rings. The van der Waals surface area contributed by atoms with E-state index in [9.17, 15) is 9.59 Å². The first-order valence-electron chi connectivity index (χ1n) is 6.42. The number of urea groups is 1. The van der Waals surface area contributed by atoms with Gasteiger partial charge in [0.25, 0.3) is 0 Å². The molecule has 1 aliphatic carbocycles. The van der Waals surface area contributed by atoms with Gasteiger partial charge in [-0.25, -0.2) is 14.6 Å². The standard InChI is InChI=1S/C13H17N3O3/c17-12(18)11-7-6-10(8-14-11)16-13(19)15-9-4-2-1-3-5-9/h6-9H,1-5H2,(H,17,18)(H2,15,16,19). The largest absolute Gasteiger partial charge is 0.477 e. The van der Waals surface area contributed by atoms with E-state index in [2.05, 4.69) is 15.6 Å².